The van der Waals surface area contributed by atoms with Gasteiger partial charge in [-0.15, -0.1) is 0 Å². The highest BCUT2D eigenvalue weighted by Gasteiger charge is 2.22. The van der Waals surface area contributed by atoms with Gasteiger partial charge in [0, 0.05) is 26.7 Å². The fourth-order valence-electron chi connectivity index (χ4n) is 2.27. The van der Waals surface area contributed by atoms with E-state index in [0.717, 1.165) is 15.9 Å². The number of hydrogen-bond donors (Lipinski definition) is 1. The molecule has 0 aromatic carbocycles. The van der Waals surface area contributed by atoms with E-state index in [1.807, 2.05) is 30.5 Å². The van der Waals surface area contributed by atoms with E-state index in [2.05, 4.69) is 26.3 Å². The molecule has 1 aliphatic heterocycles. The minimum atomic E-state index is -0.213. The standard InChI is InChI=1S/C13H21BrN4O2/c1-9-12(14)11(17(3)16-9)8-15-10(2)13(19)18-4-6-20-7-5-18/h10,15H,4-8H2,1-3H3. The molecule has 112 valence electrons. The van der Waals surface area contributed by atoms with Crippen LogP contribution in [0.3, 0.4) is 0 Å². The molecule has 0 saturated carbocycles. The first kappa shape index (κ1) is 15.5. The first-order valence-corrected chi connectivity index (χ1v) is 7.58. The fourth-order valence-corrected chi connectivity index (χ4v) is 2.74. The Kier molecular flexibility index (Phi) is 5.17. The number of carbonyl (C=O) groups excluding carboxylic acids is 1. The van der Waals surface area contributed by atoms with Crippen molar-refractivity contribution in [2.24, 2.45) is 7.05 Å². The molecule has 1 atom stereocenters. The molecule has 1 N–H and O–H groups in total. The first-order chi connectivity index (χ1) is 9.50. The Bertz CT molecular complexity index is 483. The van der Waals surface area contributed by atoms with Gasteiger partial charge in [-0.25, -0.2) is 0 Å². The summed E-state index contributed by atoms with van der Waals surface area (Å²) in [4.78, 5) is 14.1. The van der Waals surface area contributed by atoms with Crippen molar-refractivity contribution >= 4 is 21.8 Å². The Morgan fingerprint density at radius 1 is 1.50 bits per heavy atom. The third kappa shape index (κ3) is 3.39. The summed E-state index contributed by atoms with van der Waals surface area (Å²) in [5.41, 5.74) is 2.00. The maximum absolute atomic E-state index is 12.3. The van der Waals surface area contributed by atoms with Crippen molar-refractivity contribution in [1.29, 1.82) is 0 Å². The van der Waals surface area contributed by atoms with Crippen molar-refractivity contribution in [3.05, 3.63) is 15.9 Å². The number of nitrogens with zero attached hydrogens (tertiary/aromatic N) is 3. The first-order valence-electron chi connectivity index (χ1n) is 6.78. The van der Waals surface area contributed by atoms with E-state index in [4.69, 9.17) is 4.74 Å². The molecule has 1 aliphatic rings. The summed E-state index contributed by atoms with van der Waals surface area (Å²) < 4.78 is 8.09. The van der Waals surface area contributed by atoms with E-state index < -0.39 is 0 Å². The molecule has 0 radical (unpaired) electrons. The maximum atomic E-state index is 12.3. The van der Waals surface area contributed by atoms with Crippen LogP contribution < -0.4 is 5.32 Å². The lowest BCUT2D eigenvalue weighted by Gasteiger charge is -2.29. The Morgan fingerprint density at radius 3 is 2.70 bits per heavy atom. The highest BCUT2D eigenvalue weighted by molar-refractivity contribution is 9.10. The van der Waals surface area contributed by atoms with Crippen molar-refractivity contribution < 1.29 is 9.53 Å². The lowest BCUT2D eigenvalue weighted by Crippen LogP contribution is -2.49. The summed E-state index contributed by atoms with van der Waals surface area (Å²) in [6, 6.07) is -0.213. The minimum absolute atomic E-state index is 0.128. The van der Waals surface area contributed by atoms with E-state index in [-0.39, 0.29) is 11.9 Å². The van der Waals surface area contributed by atoms with Crippen molar-refractivity contribution in [3.63, 3.8) is 0 Å². The zero-order chi connectivity index (χ0) is 14.7. The van der Waals surface area contributed by atoms with Crippen LogP contribution in [0.5, 0.6) is 0 Å². The molecule has 6 nitrogen and oxygen atoms in total. The smallest absolute Gasteiger partial charge is 0.239 e. The van der Waals surface area contributed by atoms with Gasteiger partial charge >= 0.3 is 0 Å². The molecule has 1 aromatic rings. The summed E-state index contributed by atoms with van der Waals surface area (Å²) in [6.07, 6.45) is 0. The maximum Gasteiger partial charge on any atom is 0.239 e. The molecule has 20 heavy (non-hydrogen) atoms. The second kappa shape index (κ2) is 6.69. The van der Waals surface area contributed by atoms with Gasteiger partial charge in [0.15, 0.2) is 0 Å². The largest absolute Gasteiger partial charge is 0.378 e. The van der Waals surface area contributed by atoms with Gasteiger partial charge in [-0.3, -0.25) is 9.48 Å². The molecule has 0 bridgehead atoms. The molecule has 1 amide bonds. The Labute approximate surface area is 127 Å². The molecule has 1 unspecified atom stereocenters. The summed E-state index contributed by atoms with van der Waals surface area (Å²) >= 11 is 3.53. The van der Waals surface area contributed by atoms with Gasteiger partial charge in [0.25, 0.3) is 0 Å². The quantitative estimate of drug-likeness (QED) is 0.878. The van der Waals surface area contributed by atoms with Crippen LogP contribution >= 0.6 is 15.9 Å². The molecule has 1 fully saturated rings. The highest BCUT2D eigenvalue weighted by Crippen LogP contribution is 2.20. The number of aromatic nitrogens is 2. The van der Waals surface area contributed by atoms with Crippen LogP contribution in [0.4, 0.5) is 0 Å². The van der Waals surface area contributed by atoms with Crippen LogP contribution in [-0.2, 0) is 23.1 Å². The molecule has 2 heterocycles. The Morgan fingerprint density at radius 2 is 2.15 bits per heavy atom. The third-order valence-corrected chi connectivity index (χ3v) is 4.56. The molecule has 2 rings (SSSR count). The zero-order valence-electron chi connectivity index (χ0n) is 12.1. The molecule has 1 saturated heterocycles. The zero-order valence-corrected chi connectivity index (χ0v) is 13.7. The average molecular weight is 345 g/mol. The highest BCUT2D eigenvalue weighted by atomic mass is 79.9. The second-order valence-electron chi connectivity index (χ2n) is 5.01. The number of amides is 1. The summed E-state index contributed by atoms with van der Waals surface area (Å²) in [5.74, 6) is 0.128. The lowest BCUT2D eigenvalue weighted by molar-refractivity contribution is -0.137. The Balaban J connectivity index is 1.91. The summed E-state index contributed by atoms with van der Waals surface area (Å²) in [7, 11) is 1.91. The van der Waals surface area contributed by atoms with Crippen molar-refractivity contribution in [1.82, 2.24) is 20.0 Å². The summed E-state index contributed by atoms with van der Waals surface area (Å²) in [5, 5.41) is 7.61. The number of morpholine rings is 1. The number of aryl methyl sites for hydroxylation is 2. The number of rotatable bonds is 4. The van der Waals surface area contributed by atoms with Gasteiger partial charge in [0.1, 0.15) is 0 Å². The fraction of sp³-hybridized carbons (Fsp3) is 0.692. The normalized spacial score (nSPS) is 17.3. The van der Waals surface area contributed by atoms with Gasteiger partial charge in [-0.2, -0.15) is 5.10 Å². The molecular weight excluding hydrogens is 324 g/mol. The molecule has 1 aromatic heterocycles. The second-order valence-corrected chi connectivity index (χ2v) is 5.80. The molecule has 7 heteroatoms. The number of carbonyl (C=O) groups is 1. The Hall–Kier alpha value is -0.920. The van der Waals surface area contributed by atoms with E-state index in [9.17, 15) is 4.79 Å². The van der Waals surface area contributed by atoms with Crippen LogP contribution in [0.15, 0.2) is 4.47 Å². The topological polar surface area (TPSA) is 59.4 Å². The third-order valence-electron chi connectivity index (χ3n) is 3.53. The molecule has 0 aliphatic carbocycles. The number of nitrogens with one attached hydrogen (secondary N) is 1. The molecular formula is C13H21BrN4O2. The predicted octanol–water partition coefficient (Wildman–Crippen LogP) is 0.828. The lowest BCUT2D eigenvalue weighted by atomic mass is 10.2. The van der Waals surface area contributed by atoms with E-state index in [1.165, 1.54) is 0 Å². The van der Waals surface area contributed by atoms with Gasteiger partial charge in [-0.05, 0) is 29.8 Å². The average Bonchev–Trinajstić information content (AvgIpc) is 2.70. The van der Waals surface area contributed by atoms with Crippen LogP contribution in [-0.4, -0.2) is 52.9 Å². The monoisotopic (exact) mass is 344 g/mol. The molecule has 0 spiro atoms. The van der Waals surface area contributed by atoms with Gasteiger partial charge in [0.05, 0.1) is 35.1 Å². The number of hydrogen-bond acceptors (Lipinski definition) is 4. The van der Waals surface area contributed by atoms with E-state index in [0.29, 0.717) is 32.8 Å². The number of ether oxygens (including phenoxy) is 1. The van der Waals surface area contributed by atoms with Crippen LogP contribution in [0, 0.1) is 6.92 Å². The van der Waals surface area contributed by atoms with Crippen LogP contribution in [0.25, 0.3) is 0 Å². The summed E-state index contributed by atoms with van der Waals surface area (Å²) in [6.45, 7) is 7.08. The van der Waals surface area contributed by atoms with Crippen molar-refractivity contribution in [2.45, 2.75) is 26.4 Å². The van der Waals surface area contributed by atoms with Gasteiger partial charge in [-0.1, -0.05) is 0 Å². The van der Waals surface area contributed by atoms with Gasteiger partial charge in [0.2, 0.25) is 5.91 Å². The SMILES string of the molecule is Cc1nn(C)c(CNC(C)C(=O)N2CCOCC2)c1Br. The van der Waals surface area contributed by atoms with Gasteiger partial charge < -0.3 is 15.0 Å². The van der Waals surface area contributed by atoms with Crippen molar-refractivity contribution in [2.75, 3.05) is 26.3 Å². The van der Waals surface area contributed by atoms with E-state index >= 15 is 0 Å². The van der Waals surface area contributed by atoms with Crippen molar-refractivity contribution in [3.8, 4) is 0 Å². The minimum Gasteiger partial charge on any atom is -0.378 e. The van der Waals surface area contributed by atoms with Crippen LogP contribution in [0.1, 0.15) is 18.3 Å². The van der Waals surface area contributed by atoms with Crippen LogP contribution in [0.2, 0.25) is 0 Å². The predicted molar refractivity (Wildman–Crippen MR) is 79.3 cm³/mol. The van der Waals surface area contributed by atoms with E-state index in [1.54, 1.807) is 0 Å². The number of halogens is 1.